The van der Waals surface area contributed by atoms with Gasteiger partial charge in [0.25, 0.3) is 0 Å². The Morgan fingerprint density at radius 3 is 2.23 bits per heavy atom. The molecule has 31 heavy (non-hydrogen) atoms. The number of hydrogen-bond acceptors (Lipinski definition) is 5. The standard InChI is InChI=1S/C24H26N2O5/c1-2-3-10-31-24(30)13-4-6-14(7-5-13)25-19(27)12-26-22(28)20-15-8-9-16(18-11-17(15)18)21(20)23(26)29/h4-9,15-18,20-21H,2-3,10-12H2,1H3,(H,25,27)/t15-,16-,17-,18+,20-,21+/m0/s1. The molecule has 2 saturated carbocycles. The van der Waals surface area contributed by atoms with Gasteiger partial charge in [0.15, 0.2) is 0 Å². The summed E-state index contributed by atoms with van der Waals surface area (Å²) in [7, 11) is 0. The van der Waals surface area contributed by atoms with Crippen molar-refractivity contribution >= 4 is 29.4 Å². The Kier molecular flexibility index (Phi) is 4.91. The third-order valence-electron chi connectivity index (χ3n) is 7.19. The van der Waals surface area contributed by atoms with E-state index >= 15 is 0 Å². The lowest BCUT2D eigenvalue weighted by Gasteiger charge is -2.37. The van der Waals surface area contributed by atoms with Crippen molar-refractivity contribution in [2.24, 2.45) is 35.5 Å². The Hall–Kier alpha value is -2.96. The first-order valence-corrected chi connectivity index (χ1v) is 11.1. The van der Waals surface area contributed by atoms with E-state index in [-0.39, 0.29) is 42.0 Å². The molecule has 5 aliphatic rings. The number of carbonyl (C=O) groups is 4. The van der Waals surface area contributed by atoms with Crippen molar-refractivity contribution in [1.29, 1.82) is 0 Å². The van der Waals surface area contributed by atoms with Gasteiger partial charge in [-0.05, 0) is 60.8 Å². The highest BCUT2D eigenvalue weighted by molar-refractivity contribution is 6.09. The SMILES string of the molecule is CCCCOC(=O)c1ccc(NC(=O)CN2C(=O)[C@@H]3[C@H]4C=C[C@@H]([C@@H]5C[C@H]45)[C@@H]3C2=O)cc1. The van der Waals surface area contributed by atoms with Crippen LogP contribution in [0.3, 0.4) is 0 Å². The van der Waals surface area contributed by atoms with Crippen molar-refractivity contribution in [1.82, 2.24) is 4.90 Å². The van der Waals surface area contributed by atoms with Gasteiger partial charge in [-0.2, -0.15) is 0 Å². The molecule has 0 unspecified atom stereocenters. The second-order valence-electron chi connectivity index (χ2n) is 9.03. The quantitative estimate of drug-likeness (QED) is 0.316. The van der Waals surface area contributed by atoms with Gasteiger partial charge in [0, 0.05) is 5.69 Å². The van der Waals surface area contributed by atoms with Crippen LogP contribution in [0.1, 0.15) is 36.5 Å². The molecular formula is C24H26N2O5. The summed E-state index contributed by atoms with van der Waals surface area (Å²) < 4.78 is 5.17. The minimum absolute atomic E-state index is 0.147. The van der Waals surface area contributed by atoms with Crippen molar-refractivity contribution in [2.45, 2.75) is 26.2 Å². The van der Waals surface area contributed by atoms with Gasteiger partial charge in [-0.3, -0.25) is 19.3 Å². The number of benzene rings is 1. The minimum atomic E-state index is -0.427. The van der Waals surface area contributed by atoms with Gasteiger partial charge in [-0.15, -0.1) is 0 Å². The smallest absolute Gasteiger partial charge is 0.338 e. The van der Waals surface area contributed by atoms with Crippen LogP contribution in [0.5, 0.6) is 0 Å². The Morgan fingerprint density at radius 1 is 1.03 bits per heavy atom. The number of nitrogens with one attached hydrogen (secondary N) is 1. The third kappa shape index (κ3) is 3.36. The molecule has 6 rings (SSSR count). The Morgan fingerprint density at radius 2 is 1.65 bits per heavy atom. The van der Waals surface area contributed by atoms with Gasteiger partial charge in [0.2, 0.25) is 17.7 Å². The Labute approximate surface area is 180 Å². The van der Waals surface area contributed by atoms with E-state index in [1.807, 2.05) is 6.92 Å². The predicted molar refractivity (Wildman–Crippen MR) is 112 cm³/mol. The summed E-state index contributed by atoms with van der Waals surface area (Å²) in [4.78, 5) is 51.6. The number of anilines is 1. The molecule has 7 heteroatoms. The highest BCUT2D eigenvalue weighted by atomic mass is 16.5. The molecule has 1 N–H and O–H groups in total. The number of hydrogen-bond donors (Lipinski definition) is 1. The summed E-state index contributed by atoms with van der Waals surface area (Å²) in [6, 6.07) is 6.39. The van der Waals surface area contributed by atoms with Gasteiger partial charge in [0.05, 0.1) is 24.0 Å². The number of nitrogens with zero attached hydrogens (tertiary/aromatic N) is 1. The number of esters is 1. The minimum Gasteiger partial charge on any atom is -0.462 e. The summed E-state index contributed by atoms with van der Waals surface area (Å²) in [5.74, 6) is -0.465. The van der Waals surface area contributed by atoms with E-state index in [1.165, 1.54) is 0 Å². The molecule has 1 saturated heterocycles. The van der Waals surface area contributed by atoms with Gasteiger partial charge in [0.1, 0.15) is 6.54 Å². The number of imide groups is 1. The Bertz CT molecular complexity index is 933. The molecule has 2 bridgehead atoms. The summed E-state index contributed by atoms with van der Waals surface area (Å²) >= 11 is 0. The first-order chi connectivity index (χ1) is 15.0. The number of likely N-dealkylation sites (tertiary alicyclic amines) is 1. The predicted octanol–water partition coefficient (Wildman–Crippen LogP) is 2.64. The van der Waals surface area contributed by atoms with Gasteiger partial charge in [-0.1, -0.05) is 25.5 Å². The number of rotatable bonds is 7. The molecule has 0 spiro atoms. The van der Waals surface area contributed by atoms with Gasteiger partial charge < -0.3 is 10.1 Å². The first-order valence-electron chi connectivity index (χ1n) is 11.1. The molecule has 1 heterocycles. The number of carbonyl (C=O) groups excluding carboxylic acids is 4. The maximum Gasteiger partial charge on any atom is 0.338 e. The number of amides is 3. The zero-order valence-corrected chi connectivity index (χ0v) is 17.5. The highest BCUT2D eigenvalue weighted by Crippen LogP contribution is 2.65. The topological polar surface area (TPSA) is 92.8 Å². The van der Waals surface area contributed by atoms with E-state index in [0.717, 1.165) is 24.2 Å². The number of allylic oxidation sites excluding steroid dienone is 2. The van der Waals surface area contributed by atoms with Crippen LogP contribution in [0.4, 0.5) is 5.69 Å². The van der Waals surface area contributed by atoms with Crippen molar-refractivity contribution in [3.63, 3.8) is 0 Å². The third-order valence-corrected chi connectivity index (χ3v) is 7.19. The molecule has 3 fully saturated rings. The molecule has 4 aliphatic carbocycles. The average Bonchev–Trinajstić information content (AvgIpc) is 3.55. The monoisotopic (exact) mass is 422 g/mol. The highest BCUT2D eigenvalue weighted by Gasteiger charge is 2.67. The normalized spacial score (nSPS) is 32.0. The molecule has 162 valence electrons. The fourth-order valence-electron chi connectivity index (χ4n) is 5.60. The summed E-state index contributed by atoms with van der Waals surface area (Å²) in [6.07, 6.45) is 7.10. The second kappa shape index (κ2) is 7.62. The number of unbranched alkanes of at least 4 members (excludes halogenated alkanes) is 1. The van der Waals surface area contributed by atoms with Crippen molar-refractivity contribution in [2.75, 3.05) is 18.5 Å². The average molecular weight is 422 g/mol. The van der Waals surface area contributed by atoms with Crippen molar-refractivity contribution < 1.29 is 23.9 Å². The van der Waals surface area contributed by atoms with E-state index in [1.54, 1.807) is 24.3 Å². The van der Waals surface area contributed by atoms with Crippen molar-refractivity contribution in [3.8, 4) is 0 Å². The van der Waals surface area contributed by atoms with Crippen LogP contribution in [0.2, 0.25) is 0 Å². The van der Waals surface area contributed by atoms with E-state index < -0.39 is 11.9 Å². The van der Waals surface area contributed by atoms with Crippen LogP contribution >= 0.6 is 0 Å². The maximum absolute atomic E-state index is 13.0. The molecule has 1 aromatic rings. The zero-order valence-electron chi connectivity index (χ0n) is 17.5. The lowest BCUT2D eigenvalue weighted by molar-refractivity contribution is -0.142. The van der Waals surface area contributed by atoms with E-state index in [4.69, 9.17) is 4.74 Å². The van der Waals surface area contributed by atoms with Gasteiger partial charge >= 0.3 is 5.97 Å². The fraction of sp³-hybridized carbons (Fsp3) is 0.500. The van der Waals surface area contributed by atoms with E-state index in [0.29, 0.717) is 29.7 Å². The lowest BCUT2D eigenvalue weighted by atomic mass is 9.63. The summed E-state index contributed by atoms with van der Waals surface area (Å²) in [5, 5.41) is 2.71. The molecule has 6 atom stereocenters. The van der Waals surface area contributed by atoms with Crippen molar-refractivity contribution in [3.05, 3.63) is 42.0 Å². The molecule has 7 nitrogen and oxygen atoms in total. The van der Waals surface area contributed by atoms with Crippen LogP contribution in [-0.2, 0) is 19.1 Å². The van der Waals surface area contributed by atoms with E-state index in [2.05, 4.69) is 17.5 Å². The largest absolute Gasteiger partial charge is 0.462 e. The first kappa shape index (κ1) is 20.0. The van der Waals surface area contributed by atoms with Gasteiger partial charge in [-0.25, -0.2) is 4.79 Å². The molecule has 1 aromatic carbocycles. The molecule has 0 radical (unpaired) electrons. The second-order valence-corrected chi connectivity index (χ2v) is 9.03. The molecular weight excluding hydrogens is 396 g/mol. The molecule has 3 amide bonds. The molecule has 0 aromatic heterocycles. The Balaban J connectivity index is 1.19. The maximum atomic E-state index is 13.0. The van der Waals surface area contributed by atoms with Crippen LogP contribution in [-0.4, -0.2) is 41.7 Å². The summed E-state index contributed by atoms with van der Waals surface area (Å²) in [6.45, 7) is 2.12. The van der Waals surface area contributed by atoms with Crippen LogP contribution < -0.4 is 5.32 Å². The van der Waals surface area contributed by atoms with E-state index in [9.17, 15) is 19.2 Å². The number of ether oxygens (including phenoxy) is 1. The fourth-order valence-corrected chi connectivity index (χ4v) is 5.60. The summed E-state index contributed by atoms with van der Waals surface area (Å²) in [5.41, 5.74) is 0.902. The van der Waals surface area contributed by atoms with Crippen LogP contribution in [0, 0.1) is 35.5 Å². The lowest BCUT2D eigenvalue weighted by Crippen LogP contribution is -2.40. The van der Waals surface area contributed by atoms with Crippen LogP contribution in [0.25, 0.3) is 0 Å². The zero-order chi connectivity index (χ0) is 21.7. The van der Waals surface area contributed by atoms with Crippen LogP contribution in [0.15, 0.2) is 36.4 Å². The molecule has 1 aliphatic heterocycles.